The van der Waals surface area contributed by atoms with Gasteiger partial charge in [0.25, 0.3) is 0 Å². The number of carbonyl (C=O) groups excluding carboxylic acids is 1. The Bertz CT molecular complexity index is 608. The molecule has 1 aromatic carbocycles. The summed E-state index contributed by atoms with van der Waals surface area (Å²) in [6.07, 6.45) is 3.90. The normalized spacial score (nSPS) is 11.8. The Morgan fingerprint density at radius 3 is 2.83 bits per heavy atom. The number of benzene rings is 1. The van der Waals surface area contributed by atoms with E-state index >= 15 is 0 Å². The lowest BCUT2D eigenvalue weighted by Crippen LogP contribution is -2.04. The van der Waals surface area contributed by atoms with Crippen LogP contribution in [0.3, 0.4) is 0 Å². The predicted molar refractivity (Wildman–Crippen MR) is 73.2 cm³/mol. The maximum absolute atomic E-state index is 11.6. The highest BCUT2D eigenvalue weighted by atomic mass is 16.5. The van der Waals surface area contributed by atoms with Crippen molar-refractivity contribution in [1.29, 1.82) is 0 Å². The molecule has 2 rings (SSSR count). The lowest BCUT2D eigenvalue weighted by atomic mass is 10.1. The first-order chi connectivity index (χ1) is 8.63. The zero-order chi connectivity index (χ0) is 13.1. The van der Waals surface area contributed by atoms with Crippen LogP contribution in [0.2, 0.25) is 0 Å². The third kappa shape index (κ3) is 2.30. The molecular weight excluding hydrogens is 226 g/mol. The second-order valence-corrected chi connectivity index (χ2v) is 4.26. The number of aromatic nitrogens is 1. The van der Waals surface area contributed by atoms with Gasteiger partial charge in [-0.2, -0.15) is 0 Å². The lowest BCUT2D eigenvalue weighted by Gasteiger charge is -2.00. The highest BCUT2D eigenvalue weighted by molar-refractivity contribution is 5.97. The second kappa shape index (κ2) is 5.08. The monoisotopic (exact) mass is 243 g/mol. The van der Waals surface area contributed by atoms with Gasteiger partial charge < -0.3 is 9.30 Å². The molecule has 0 atom stereocenters. The molecule has 1 heterocycles. The zero-order valence-electron chi connectivity index (χ0n) is 10.9. The number of hydrogen-bond acceptors (Lipinski definition) is 2. The predicted octanol–water partition coefficient (Wildman–Crippen LogP) is 3.14. The average molecular weight is 243 g/mol. The van der Waals surface area contributed by atoms with Crippen LogP contribution in [0.1, 0.15) is 19.4 Å². The van der Waals surface area contributed by atoms with Crippen LogP contribution in [0.15, 0.2) is 36.0 Å². The summed E-state index contributed by atoms with van der Waals surface area (Å²) in [7, 11) is 2.00. The highest BCUT2D eigenvalue weighted by Crippen LogP contribution is 2.22. The van der Waals surface area contributed by atoms with Crippen LogP contribution in [0.4, 0.5) is 0 Å². The van der Waals surface area contributed by atoms with Crippen LogP contribution in [0, 0.1) is 0 Å². The maximum atomic E-state index is 11.6. The van der Waals surface area contributed by atoms with Crippen LogP contribution in [-0.2, 0) is 16.6 Å². The number of aryl methyl sites for hydroxylation is 1. The van der Waals surface area contributed by atoms with Crippen LogP contribution < -0.4 is 0 Å². The van der Waals surface area contributed by atoms with E-state index in [4.69, 9.17) is 4.74 Å². The first-order valence-electron chi connectivity index (χ1n) is 6.03. The summed E-state index contributed by atoms with van der Waals surface area (Å²) in [4.78, 5) is 11.6. The number of esters is 1. The van der Waals surface area contributed by atoms with Crippen molar-refractivity contribution < 1.29 is 9.53 Å². The maximum Gasteiger partial charge on any atom is 0.333 e. The Morgan fingerprint density at radius 2 is 2.11 bits per heavy atom. The van der Waals surface area contributed by atoms with Gasteiger partial charge in [0.05, 0.1) is 6.61 Å². The number of fused-ring (bicyclic) bond motifs is 1. The largest absolute Gasteiger partial charge is 0.463 e. The molecule has 94 valence electrons. The molecule has 0 saturated heterocycles. The fourth-order valence-corrected chi connectivity index (χ4v) is 2.03. The molecular formula is C15H17NO2. The van der Waals surface area contributed by atoms with Crippen molar-refractivity contribution in [1.82, 2.24) is 4.57 Å². The number of nitrogens with zero attached hydrogens (tertiary/aromatic N) is 1. The molecule has 0 fully saturated rings. The van der Waals surface area contributed by atoms with Gasteiger partial charge in [0, 0.05) is 35.3 Å². The van der Waals surface area contributed by atoms with E-state index in [1.54, 1.807) is 6.92 Å². The van der Waals surface area contributed by atoms with Crippen molar-refractivity contribution in [3.63, 3.8) is 0 Å². The first kappa shape index (κ1) is 12.4. The van der Waals surface area contributed by atoms with E-state index < -0.39 is 0 Å². The van der Waals surface area contributed by atoms with Crippen LogP contribution in [-0.4, -0.2) is 17.1 Å². The Balaban J connectivity index is 2.43. The van der Waals surface area contributed by atoms with Gasteiger partial charge >= 0.3 is 5.97 Å². The molecule has 18 heavy (non-hydrogen) atoms. The summed E-state index contributed by atoms with van der Waals surface area (Å²) in [5.74, 6) is -0.259. The van der Waals surface area contributed by atoms with Crippen molar-refractivity contribution in [2.45, 2.75) is 13.8 Å². The van der Waals surface area contributed by atoms with Crippen molar-refractivity contribution in [3.8, 4) is 0 Å². The van der Waals surface area contributed by atoms with Gasteiger partial charge in [-0.25, -0.2) is 4.79 Å². The van der Waals surface area contributed by atoms with Crippen molar-refractivity contribution in [2.24, 2.45) is 7.05 Å². The molecule has 0 saturated carbocycles. The molecule has 0 bridgehead atoms. The van der Waals surface area contributed by atoms with E-state index in [0.717, 1.165) is 16.5 Å². The smallest absolute Gasteiger partial charge is 0.333 e. The molecule has 0 aliphatic heterocycles. The third-order valence-corrected chi connectivity index (χ3v) is 2.90. The zero-order valence-corrected chi connectivity index (χ0v) is 10.9. The molecule has 3 heteroatoms. The quantitative estimate of drug-likeness (QED) is 0.612. The number of carbonyl (C=O) groups is 1. The van der Waals surface area contributed by atoms with Crippen LogP contribution >= 0.6 is 0 Å². The molecule has 0 aliphatic carbocycles. The summed E-state index contributed by atoms with van der Waals surface area (Å²) in [6, 6.07) is 8.12. The molecule has 0 radical (unpaired) electrons. The minimum atomic E-state index is -0.259. The van der Waals surface area contributed by atoms with E-state index in [-0.39, 0.29) is 5.97 Å². The number of hydrogen-bond donors (Lipinski definition) is 0. The van der Waals surface area contributed by atoms with Gasteiger partial charge in [0.2, 0.25) is 0 Å². The van der Waals surface area contributed by atoms with Gasteiger partial charge in [-0.05, 0) is 26.0 Å². The molecule has 0 N–H and O–H groups in total. The summed E-state index contributed by atoms with van der Waals surface area (Å²) in [5, 5.41) is 1.14. The van der Waals surface area contributed by atoms with Crippen LogP contribution in [0.5, 0.6) is 0 Å². The van der Waals surface area contributed by atoms with Gasteiger partial charge in [-0.1, -0.05) is 18.2 Å². The van der Waals surface area contributed by atoms with Crippen molar-refractivity contribution in [3.05, 3.63) is 41.6 Å². The summed E-state index contributed by atoms with van der Waals surface area (Å²) < 4.78 is 7.04. The second-order valence-electron chi connectivity index (χ2n) is 4.26. The van der Waals surface area contributed by atoms with Crippen LogP contribution in [0.25, 0.3) is 17.0 Å². The Morgan fingerprint density at radius 1 is 1.39 bits per heavy atom. The molecule has 2 aromatic rings. The Kier molecular flexibility index (Phi) is 3.51. The van der Waals surface area contributed by atoms with Crippen molar-refractivity contribution >= 4 is 22.9 Å². The molecule has 0 amide bonds. The highest BCUT2D eigenvalue weighted by Gasteiger charge is 2.08. The van der Waals surface area contributed by atoms with Gasteiger partial charge in [0.1, 0.15) is 0 Å². The standard InChI is InChI=1S/C15H17NO2/c1-4-18-15(17)11(2)9-12-10-16(3)14-8-6-5-7-13(12)14/h5-10H,4H2,1-3H3/b11-9+. The molecule has 1 aromatic heterocycles. The summed E-state index contributed by atoms with van der Waals surface area (Å²) in [5.41, 5.74) is 2.81. The van der Waals surface area contributed by atoms with E-state index in [9.17, 15) is 4.79 Å². The number of para-hydroxylation sites is 1. The summed E-state index contributed by atoms with van der Waals surface area (Å²) in [6.45, 7) is 3.99. The SMILES string of the molecule is CCOC(=O)/C(C)=C/c1cn(C)c2ccccc12. The van der Waals surface area contributed by atoms with E-state index in [0.29, 0.717) is 12.2 Å². The average Bonchev–Trinajstić information content (AvgIpc) is 2.67. The van der Waals surface area contributed by atoms with E-state index in [2.05, 4.69) is 16.7 Å². The van der Waals surface area contributed by atoms with Crippen molar-refractivity contribution in [2.75, 3.05) is 6.61 Å². The Labute approximate surface area is 107 Å². The fourth-order valence-electron chi connectivity index (χ4n) is 2.03. The molecule has 0 spiro atoms. The molecule has 3 nitrogen and oxygen atoms in total. The van der Waals surface area contributed by atoms with Gasteiger partial charge in [0.15, 0.2) is 0 Å². The number of ether oxygens (including phenoxy) is 1. The minimum Gasteiger partial charge on any atom is -0.463 e. The Hall–Kier alpha value is -2.03. The van der Waals surface area contributed by atoms with E-state index in [1.807, 2.05) is 38.4 Å². The lowest BCUT2D eigenvalue weighted by molar-refractivity contribution is -0.138. The fraction of sp³-hybridized carbons (Fsp3) is 0.267. The molecule has 0 aliphatic rings. The van der Waals surface area contributed by atoms with Gasteiger partial charge in [-0.3, -0.25) is 0 Å². The van der Waals surface area contributed by atoms with E-state index in [1.165, 1.54) is 0 Å². The van der Waals surface area contributed by atoms with Gasteiger partial charge in [-0.15, -0.1) is 0 Å². The third-order valence-electron chi connectivity index (χ3n) is 2.90. The molecule has 0 unspecified atom stereocenters. The summed E-state index contributed by atoms with van der Waals surface area (Å²) >= 11 is 0. The first-order valence-corrected chi connectivity index (χ1v) is 6.03. The number of rotatable bonds is 3. The minimum absolute atomic E-state index is 0.259. The topological polar surface area (TPSA) is 31.2 Å².